The lowest BCUT2D eigenvalue weighted by atomic mass is 10.1. The lowest BCUT2D eigenvalue weighted by molar-refractivity contribution is -0.147. The molecule has 0 saturated carbocycles. The van der Waals surface area contributed by atoms with Gasteiger partial charge in [0.15, 0.2) is 0 Å². The summed E-state index contributed by atoms with van der Waals surface area (Å²) in [6, 6.07) is -1.40. The van der Waals surface area contributed by atoms with E-state index in [0.29, 0.717) is 19.3 Å². The summed E-state index contributed by atoms with van der Waals surface area (Å²) in [6.45, 7) is 3.27. The number of carboxylic acids is 1. The second-order valence-corrected chi connectivity index (χ2v) is 11.9. The Morgan fingerprint density at radius 1 is 0.660 bits per heavy atom. The van der Waals surface area contributed by atoms with Crippen LogP contribution in [-0.4, -0.2) is 59.3 Å². The van der Waals surface area contributed by atoms with Gasteiger partial charge in [-0.1, -0.05) is 121 Å². The first kappa shape index (κ1) is 43.8. The highest BCUT2D eigenvalue weighted by Gasteiger charge is 2.18. The van der Waals surface area contributed by atoms with E-state index in [1.807, 2.05) is 12.2 Å². The number of carbonyl (C=O) groups is 4. The van der Waals surface area contributed by atoms with Crippen molar-refractivity contribution >= 4 is 23.8 Å². The van der Waals surface area contributed by atoms with Crippen LogP contribution >= 0.6 is 0 Å². The normalized spacial score (nSPS) is 13.1. The monoisotopic (exact) mass is 660 g/mol. The Labute approximate surface area is 284 Å². The molecule has 0 bridgehead atoms. The summed E-state index contributed by atoms with van der Waals surface area (Å²) in [5.74, 6) is -2.50. The number of aliphatic hydroxyl groups excluding tert-OH is 1. The van der Waals surface area contributed by atoms with Crippen LogP contribution < -0.4 is 10.6 Å². The van der Waals surface area contributed by atoms with Crippen LogP contribution in [0.2, 0.25) is 0 Å². The maximum absolute atomic E-state index is 12.6. The van der Waals surface area contributed by atoms with E-state index in [9.17, 15) is 19.2 Å². The number of carboxylic acid groups (broad SMARTS) is 1. The Morgan fingerprint density at radius 2 is 1.19 bits per heavy atom. The van der Waals surface area contributed by atoms with Crippen LogP contribution in [0.5, 0.6) is 0 Å². The zero-order valence-electron chi connectivity index (χ0n) is 29.3. The molecule has 9 heteroatoms. The number of carbonyl (C=O) groups excluding carboxylic acids is 3. The summed E-state index contributed by atoms with van der Waals surface area (Å²) in [5, 5.41) is 22.5. The van der Waals surface area contributed by atoms with Crippen molar-refractivity contribution in [2.75, 3.05) is 13.2 Å². The van der Waals surface area contributed by atoms with E-state index in [-0.39, 0.29) is 30.9 Å². The van der Waals surface area contributed by atoms with Crippen molar-refractivity contribution < 1.29 is 34.1 Å². The molecule has 0 spiro atoms. The molecule has 0 aromatic heterocycles. The topological polar surface area (TPSA) is 142 Å². The molecule has 0 heterocycles. The van der Waals surface area contributed by atoms with Gasteiger partial charge in [0.2, 0.25) is 11.8 Å². The van der Waals surface area contributed by atoms with Crippen molar-refractivity contribution in [1.82, 2.24) is 10.6 Å². The van der Waals surface area contributed by atoms with E-state index in [4.69, 9.17) is 14.9 Å². The van der Waals surface area contributed by atoms with Crippen molar-refractivity contribution in [3.8, 4) is 0 Å². The van der Waals surface area contributed by atoms with Crippen molar-refractivity contribution in [3.63, 3.8) is 0 Å². The smallest absolute Gasteiger partial charge is 0.328 e. The lowest BCUT2D eigenvalue weighted by Crippen LogP contribution is -2.47. The molecule has 47 heavy (non-hydrogen) atoms. The average molecular weight is 661 g/mol. The quantitative estimate of drug-likeness (QED) is 0.0340. The van der Waals surface area contributed by atoms with Crippen LogP contribution in [0.1, 0.15) is 142 Å². The molecule has 0 aliphatic carbocycles. The standard InChI is InChI=1S/C38H64N2O7/c1-3-5-7-9-11-13-15-16-18-20-23-27-33(47-37(44)30-26-21-19-17-14-12-10-8-6-4-2)28-24-22-25-29-35(42)39-31-36(43)40-34(32-41)38(45)46/h5,7,11,13,16,18,23,27,33-34,41H,3-4,6,8-10,12,14-15,17,19-22,24-26,28-32H2,1-2H3,(H,39,42)(H,40,43)(H,45,46)/b7-5-,13-11-,18-16-,27-23-. The number of aliphatic carboxylic acids is 1. The molecule has 0 fully saturated rings. The van der Waals surface area contributed by atoms with Crippen LogP contribution in [0.3, 0.4) is 0 Å². The van der Waals surface area contributed by atoms with Gasteiger partial charge in [0, 0.05) is 12.8 Å². The van der Waals surface area contributed by atoms with Gasteiger partial charge in [-0.2, -0.15) is 0 Å². The minimum Gasteiger partial charge on any atom is -0.480 e. The first-order valence-corrected chi connectivity index (χ1v) is 18.0. The predicted molar refractivity (Wildman–Crippen MR) is 190 cm³/mol. The largest absolute Gasteiger partial charge is 0.480 e. The first-order chi connectivity index (χ1) is 22.8. The van der Waals surface area contributed by atoms with Gasteiger partial charge in [-0.05, 0) is 57.4 Å². The van der Waals surface area contributed by atoms with Gasteiger partial charge in [-0.25, -0.2) is 4.79 Å². The highest BCUT2D eigenvalue weighted by molar-refractivity contribution is 5.87. The first-order valence-electron chi connectivity index (χ1n) is 18.0. The summed E-state index contributed by atoms with van der Waals surface area (Å²) >= 11 is 0. The van der Waals surface area contributed by atoms with Crippen LogP contribution in [-0.2, 0) is 23.9 Å². The molecule has 9 nitrogen and oxygen atoms in total. The summed E-state index contributed by atoms with van der Waals surface area (Å²) < 4.78 is 5.82. The number of esters is 1. The van der Waals surface area contributed by atoms with Gasteiger partial charge in [-0.15, -0.1) is 0 Å². The SMILES string of the molecule is CC/C=C\C/C=C\C/C=C\C/C=C\C(CCCCCC(=O)NCC(=O)NC(CO)C(=O)O)OC(=O)CCCCCCCCCCCC. The van der Waals surface area contributed by atoms with Crippen LogP contribution in [0.4, 0.5) is 0 Å². The third-order valence-corrected chi connectivity index (χ3v) is 7.57. The highest BCUT2D eigenvalue weighted by Crippen LogP contribution is 2.14. The summed E-state index contributed by atoms with van der Waals surface area (Å²) in [7, 11) is 0. The zero-order chi connectivity index (χ0) is 34.8. The molecule has 0 radical (unpaired) electrons. The molecule has 2 amide bonds. The van der Waals surface area contributed by atoms with Gasteiger partial charge in [-0.3, -0.25) is 14.4 Å². The van der Waals surface area contributed by atoms with Crippen molar-refractivity contribution in [2.45, 2.75) is 154 Å². The van der Waals surface area contributed by atoms with E-state index < -0.39 is 24.5 Å². The predicted octanol–water partition coefficient (Wildman–Crippen LogP) is 7.64. The Hall–Kier alpha value is -3.20. The molecule has 0 aromatic carbocycles. The number of amides is 2. The highest BCUT2D eigenvalue weighted by atomic mass is 16.5. The Balaban J connectivity index is 4.54. The number of unbranched alkanes of at least 4 members (excludes halogenated alkanes) is 11. The zero-order valence-corrected chi connectivity index (χ0v) is 29.3. The van der Waals surface area contributed by atoms with Gasteiger partial charge < -0.3 is 25.6 Å². The van der Waals surface area contributed by atoms with Crippen molar-refractivity contribution in [1.29, 1.82) is 0 Å². The molecular formula is C38H64N2O7. The molecule has 0 aliphatic heterocycles. The van der Waals surface area contributed by atoms with Crippen molar-refractivity contribution in [3.05, 3.63) is 48.6 Å². The van der Waals surface area contributed by atoms with E-state index >= 15 is 0 Å². The maximum Gasteiger partial charge on any atom is 0.328 e. The van der Waals surface area contributed by atoms with Gasteiger partial charge in [0.05, 0.1) is 13.2 Å². The fraction of sp³-hybridized carbons (Fsp3) is 0.684. The third-order valence-electron chi connectivity index (χ3n) is 7.57. The van der Waals surface area contributed by atoms with Crippen LogP contribution in [0.25, 0.3) is 0 Å². The Kier molecular flexibility index (Phi) is 30.5. The average Bonchev–Trinajstić information content (AvgIpc) is 3.05. The molecule has 2 unspecified atom stereocenters. The third kappa shape index (κ3) is 29.9. The van der Waals surface area contributed by atoms with E-state index in [0.717, 1.165) is 57.8 Å². The van der Waals surface area contributed by atoms with Gasteiger partial charge in [0.25, 0.3) is 0 Å². The molecule has 4 N–H and O–H groups in total. The molecule has 0 aromatic rings. The fourth-order valence-corrected chi connectivity index (χ4v) is 4.80. The summed E-state index contributed by atoms with van der Waals surface area (Å²) in [5.41, 5.74) is 0. The minimum absolute atomic E-state index is 0.166. The summed E-state index contributed by atoms with van der Waals surface area (Å²) in [6.07, 6.45) is 35.8. The van der Waals surface area contributed by atoms with E-state index in [1.165, 1.54) is 44.9 Å². The van der Waals surface area contributed by atoms with E-state index in [2.05, 4.69) is 60.9 Å². The Morgan fingerprint density at radius 3 is 1.77 bits per heavy atom. The number of allylic oxidation sites excluding steroid dienone is 7. The molecule has 0 rings (SSSR count). The molecule has 0 aliphatic rings. The molecule has 268 valence electrons. The number of hydrogen-bond donors (Lipinski definition) is 4. The lowest BCUT2D eigenvalue weighted by Gasteiger charge is -2.15. The second kappa shape index (κ2) is 32.7. The van der Waals surface area contributed by atoms with Crippen molar-refractivity contribution in [2.24, 2.45) is 0 Å². The maximum atomic E-state index is 12.6. The van der Waals surface area contributed by atoms with Gasteiger partial charge >= 0.3 is 11.9 Å². The van der Waals surface area contributed by atoms with Gasteiger partial charge in [0.1, 0.15) is 12.1 Å². The number of hydrogen-bond acceptors (Lipinski definition) is 6. The molecule has 2 atom stereocenters. The molecular weight excluding hydrogens is 596 g/mol. The fourth-order valence-electron chi connectivity index (χ4n) is 4.80. The van der Waals surface area contributed by atoms with E-state index in [1.54, 1.807) is 0 Å². The number of rotatable bonds is 31. The van der Waals surface area contributed by atoms with Crippen LogP contribution in [0.15, 0.2) is 48.6 Å². The Bertz CT molecular complexity index is 942. The molecule has 0 saturated heterocycles. The van der Waals surface area contributed by atoms with Crippen LogP contribution in [0, 0.1) is 0 Å². The number of ether oxygens (including phenoxy) is 1. The number of nitrogens with one attached hydrogen (secondary N) is 2. The minimum atomic E-state index is -1.40. The summed E-state index contributed by atoms with van der Waals surface area (Å²) in [4.78, 5) is 47.4. The second-order valence-electron chi connectivity index (χ2n) is 11.9. The number of aliphatic hydroxyl groups is 1.